The van der Waals surface area contributed by atoms with Gasteiger partial charge in [-0.05, 0) is 6.07 Å². The maximum Gasteiger partial charge on any atom is 0.419 e. The van der Waals surface area contributed by atoms with Crippen molar-refractivity contribution in [2.45, 2.75) is 18.2 Å². The van der Waals surface area contributed by atoms with Crippen molar-refractivity contribution in [3.63, 3.8) is 0 Å². The molecule has 9 heteroatoms. The van der Waals surface area contributed by atoms with Gasteiger partial charge in [0.2, 0.25) is 0 Å². The quantitative estimate of drug-likeness (QED) is 0.836. The number of hydrogen-bond donors (Lipinski definition) is 2. The molecule has 1 saturated heterocycles. The molecule has 0 bridgehead atoms. The first-order valence-corrected chi connectivity index (χ1v) is 6.02. The molecule has 0 unspecified atom stereocenters. The Hall–Kier alpha value is -0.920. The normalized spacial score (nSPS) is 24.0. The van der Waals surface area contributed by atoms with Gasteiger partial charge < -0.3 is 15.0 Å². The lowest BCUT2D eigenvalue weighted by molar-refractivity contribution is -0.253. The van der Waals surface area contributed by atoms with Gasteiger partial charge in [0.05, 0.1) is 11.6 Å². The second-order valence-corrected chi connectivity index (χ2v) is 5.14. The molecule has 1 aromatic heterocycles. The number of carbonyl (C=O) groups is 1. The molecule has 4 nitrogen and oxygen atoms in total. The summed E-state index contributed by atoms with van der Waals surface area (Å²) in [5.74, 6) is -0.686. The molecule has 1 amide bonds. The Morgan fingerprint density at radius 1 is 1.47 bits per heavy atom. The van der Waals surface area contributed by atoms with Crippen LogP contribution in [-0.2, 0) is 0 Å². The van der Waals surface area contributed by atoms with Crippen LogP contribution in [0, 0.1) is 0 Å². The zero-order valence-electron chi connectivity index (χ0n) is 9.39. The fourth-order valence-corrected chi connectivity index (χ4v) is 2.20. The number of carbonyl (C=O) groups excluding carboxylic acids is 1. The van der Waals surface area contributed by atoms with Crippen molar-refractivity contribution in [1.29, 1.82) is 0 Å². The fraction of sp³-hybridized carbons (Fsp3) is 0.500. The van der Waals surface area contributed by atoms with Gasteiger partial charge >= 0.3 is 6.18 Å². The van der Waals surface area contributed by atoms with Crippen molar-refractivity contribution < 1.29 is 23.1 Å². The van der Waals surface area contributed by atoms with Crippen molar-refractivity contribution >= 4 is 29.1 Å². The lowest BCUT2D eigenvalue weighted by Gasteiger charge is -2.25. The SMILES string of the molecule is O=C(c1cc(Cl)c(Cl)[nH]1)N1CC[C@@](O)(C(F)(F)F)C1. The van der Waals surface area contributed by atoms with Gasteiger partial charge in [0.15, 0.2) is 5.60 Å². The van der Waals surface area contributed by atoms with Crippen LogP contribution in [0.4, 0.5) is 13.2 Å². The summed E-state index contributed by atoms with van der Waals surface area (Å²) in [7, 11) is 0. The van der Waals surface area contributed by atoms with Crippen molar-refractivity contribution in [3.05, 3.63) is 21.9 Å². The third-order valence-corrected chi connectivity index (χ3v) is 3.71. The van der Waals surface area contributed by atoms with Crippen LogP contribution in [0.15, 0.2) is 6.07 Å². The number of aromatic nitrogens is 1. The predicted molar refractivity (Wildman–Crippen MR) is 62.3 cm³/mol. The van der Waals surface area contributed by atoms with E-state index in [2.05, 4.69) is 4.98 Å². The van der Waals surface area contributed by atoms with Crippen LogP contribution in [0.25, 0.3) is 0 Å². The Kier molecular flexibility index (Phi) is 3.49. The number of β-amino-alcohol motifs (C(OH)–C–C–N with tert-alkyl or cyclic N) is 1. The first-order valence-electron chi connectivity index (χ1n) is 5.26. The van der Waals surface area contributed by atoms with Gasteiger partial charge in [-0.15, -0.1) is 0 Å². The molecule has 0 aliphatic carbocycles. The Morgan fingerprint density at radius 2 is 2.11 bits per heavy atom. The average molecular weight is 317 g/mol. The zero-order valence-corrected chi connectivity index (χ0v) is 10.9. The van der Waals surface area contributed by atoms with Crippen LogP contribution in [0.5, 0.6) is 0 Å². The highest BCUT2D eigenvalue weighted by molar-refractivity contribution is 6.41. The molecule has 106 valence electrons. The number of likely N-dealkylation sites (tertiary alicyclic amines) is 1. The lowest BCUT2D eigenvalue weighted by Crippen LogP contribution is -2.48. The summed E-state index contributed by atoms with van der Waals surface area (Å²) < 4.78 is 37.8. The van der Waals surface area contributed by atoms with E-state index in [4.69, 9.17) is 23.2 Å². The Labute approximate surface area is 116 Å². The smallest absolute Gasteiger partial charge is 0.379 e. The first kappa shape index (κ1) is 14.5. The molecule has 1 aliphatic rings. The van der Waals surface area contributed by atoms with E-state index in [0.717, 1.165) is 4.90 Å². The number of halogens is 5. The van der Waals surface area contributed by atoms with E-state index in [1.807, 2.05) is 0 Å². The highest BCUT2D eigenvalue weighted by atomic mass is 35.5. The Bertz CT molecular complexity index is 498. The molecule has 2 N–H and O–H groups in total. The molecule has 19 heavy (non-hydrogen) atoms. The monoisotopic (exact) mass is 316 g/mol. The molecule has 1 aliphatic heterocycles. The second kappa shape index (κ2) is 4.57. The van der Waals surface area contributed by atoms with Crippen molar-refractivity contribution in [3.8, 4) is 0 Å². The molecule has 0 radical (unpaired) electrons. The highest BCUT2D eigenvalue weighted by Gasteiger charge is 2.57. The number of nitrogens with one attached hydrogen (secondary N) is 1. The molecule has 1 aromatic rings. The van der Waals surface area contributed by atoms with Crippen LogP contribution in [-0.4, -0.2) is 45.8 Å². The van der Waals surface area contributed by atoms with Crippen LogP contribution in [0.2, 0.25) is 10.2 Å². The van der Waals surface area contributed by atoms with Crippen LogP contribution in [0.1, 0.15) is 16.9 Å². The number of aliphatic hydroxyl groups is 1. The summed E-state index contributed by atoms with van der Waals surface area (Å²) in [6, 6.07) is 1.23. The minimum Gasteiger partial charge on any atom is -0.379 e. The average Bonchev–Trinajstić information content (AvgIpc) is 2.83. The van der Waals surface area contributed by atoms with Gasteiger partial charge in [0.1, 0.15) is 10.8 Å². The van der Waals surface area contributed by atoms with Gasteiger partial charge in [0, 0.05) is 13.0 Å². The van der Waals surface area contributed by atoms with Crippen LogP contribution in [0.3, 0.4) is 0 Å². The standard InChI is InChI=1S/C10H9Cl2F3N2O2/c11-5-3-6(16-7(5)12)8(18)17-2-1-9(19,4-17)10(13,14)15/h3,16,19H,1-2,4H2/t9-/m0/s1. The minimum absolute atomic E-state index is 0.0126. The zero-order chi connectivity index (χ0) is 14.4. The summed E-state index contributed by atoms with van der Waals surface area (Å²) in [5.41, 5.74) is -2.87. The van der Waals surface area contributed by atoms with Gasteiger partial charge in [-0.1, -0.05) is 23.2 Å². The van der Waals surface area contributed by atoms with Crippen LogP contribution >= 0.6 is 23.2 Å². The number of rotatable bonds is 1. The van der Waals surface area contributed by atoms with Gasteiger partial charge in [0.25, 0.3) is 5.91 Å². The number of aromatic amines is 1. The number of nitrogens with zero attached hydrogens (tertiary/aromatic N) is 1. The fourth-order valence-electron chi connectivity index (χ4n) is 1.89. The Balaban J connectivity index is 2.15. The second-order valence-electron chi connectivity index (χ2n) is 4.35. The lowest BCUT2D eigenvalue weighted by atomic mass is 10.0. The van der Waals surface area contributed by atoms with E-state index in [1.54, 1.807) is 0 Å². The summed E-state index contributed by atoms with van der Waals surface area (Å²) >= 11 is 11.3. The number of H-pyrrole nitrogens is 1. The summed E-state index contributed by atoms with van der Waals surface area (Å²) in [5, 5.41) is 9.62. The van der Waals surface area contributed by atoms with E-state index in [-0.39, 0.29) is 22.4 Å². The van der Waals surface area contributed by atoms with E-state index in [9.17, 15) is 23.1 Å². The van der Waals surface area contributed by atoms with Gasteiger partial charge in [-0.2, -0.15) is 13.2 Å². The first-order chi connectivity index (χ1) is 8.64. The number of hydrogen-bond acceptors (Lipinski definition) is 2. The van der Waals surface area contributed by atoms with E-state index >= 15 is 0 Å². The molecule has 1 atom stereocenters. The van der Waals surface area contributed by atoms with Crippen LogP contribution < -0.4 is 0 Å². The molecule has 0 spiro atoms. The largest absolute Gasteiger partial charge is 0.419 e. The highest BCUT2D eigenvalue weighted by Crippen LogP contribution is 2.38. The Morgan fingerprint density at radius 3 is 2.53 bits per heavy atom. The molecule has 0 saturated carbocycles. The molecular weight excluding hydrogens is 308 g/mol. The maximum atomic E-state index is 12.6. The molecule has 0 aromatic carbocycles. The van der Waals surface area contributed by atoms with Gasteiger partial charge in [-0.3, -0.25) is 4.79 Å². The third-order valence-electron chi connectivity index (χ3n) is 3.02. The minimum atomic E-state index is -4.77. The van der Waals surface area contributed by atoms with Crippen molar-refractivity contribution in [2.75, 3.05) is 13.1 Å². The maximum absolute atomic E-state index is 12.6. The summed E-state index contributed by atoms with van der Waals surface area (Å²) in [6.45, 7) is -0.993. The van der Waals surface area contributed by atoms with E-state index in [0.29, 0.717) is 0 Å². The van der Waals surface area contributed by atoms with E-state index in [1.165, 1.54) is 6.07 Å². The number of amides is 1. The molecule has 2 heterocycles. The molecule has 2 rings (SSSR count). The topological polar surface area (TPSA) is 56.3 Å². The third kappa shape index (κ3) is 2.54. The van der Waals surface area contributed by atoms with E-state index < -0.39 is 30.7 Å². The van der Waals surface area contributed by atoms with Crippen molar-refractivity contribution in [2.24, 2.45) is 0 Å². The van der Waals surface area contributed by atoms with Gasteiger partial charge in [-0.25, -0.2) is 0 Å². The predicted octanol–water partition coefficient (Wildman–Crippen LogP) is 2.46. The molecule has 1 fully saturated rings. The summed E-state index contributed by atoms with van der Waals surface area (Å²) in [4.78, 5) is 15.3. The summed E-state index contributed by atoms with van der Waals surface area (Å²) in [6.07, 6.45) is -5.32. The number of alkyl halides is 3. The van der Waals surface area contributed by atoms with Crippen molar-refractivity contribution in [1.82, 2.24) is 9.88 Å². The molecular formula is C10H9Cl2F3N2O2.